The number of aliphatic hydroxyl groups is 3. The van der Waals surface area contributed by atoms with E-state index in [0.29, 0.717) is 0 Å². The summed E-state index contributed by atoms with van der Waals surface area (Å²) in [7, 11) is 0. The minimum absolute atomic E-state index is 0. The van der Waals surface area contributed by atoms with Crippen LogP contribution in [-0.2, 0) is 38.0 Å². The molecule has 0 aromatic carbocycles. The molecule has 0 atom stereocenters. The van der Waals surface area contributed by atoms with Gasteiger partial charge < -0.3 is 20.3 Å². The van der Waals surface area contributed by atoms with Crippen molar-refractivity contribution in [1.29, 1.82) is 0 Å². The molecule has 0 aliphatic heterocycles. The van der Waals surface area contributed by atoms with Crippen LogP contribution in [0, 0.1) is 6.07 Å². The first-order valence-corrected chi connectivity index (χ1v) is 9.57. The van der Waals surface area contributed by atoms with Gasteiger partial charge in [0.2, 0.25) is 0 Å². The molecule has 1 rings (SSSR count). The Hall–Kier alpha value is -0.126. The minimum Gasteiger partial charge on any atom is -0.454 e. The molecule has 1 aromatic heterocycles. The van der Waals surface area contributed by atoms with Gasteiger partial charge >= 0.3 is 0 Å². The van der Waals surface area contributed by atoms with Crippen LogP contribution in [0.25, 0.3) is 0 Å². The molecule has 4 nitrogen and oxygen atoms in total. The van der Waals surface area contributed by atoms with Crippen molar-refractivity contribution in [3.05, 3.63) is 23.0 Å². The van der Waals surface area contributed by atoms with Gasteiger partial charge in [-0.3, -0.25) is 0 Å². The minimum atomic E-state index is 0. The molecule has 0 saturated heterocycles. The van der Waals surface area contributed by atoms with Crippen LogP contribution in [0.3, 0.4) is 0 Å². The first kappa shape index (κ1) is 34.4. The summed E-state index contributed by atoms with van der Waals surface area (Å²) >= 11 is 0. The molecule has 0 radical (unpaired) electrons. The van der Waals surface area contributed by atoms with Gasteiger partial charge in [-0.25, -0.2) is 6.07 Å². The van der Waals surface area contributed by atoms with Gasteiger partial charge in [0, 0.05) is 41.5 Å². The van der Waals surface area contributed by atoms with E-state index < -0.39 is 0 Å². The second-order valence-electron chi connectivity index (χ2n) is 9.07. The third kappa shape index (κ3) is 16.5. The Morgan fingerprint density at radius 2 is 0.963 bits per heavy atom. The Labute approximate surface area is 184 Å². The maximum absolute atomic E-state index is 7.57. The molecule has 0 aliphatic carbocycles. The molecule has 4 N–H and O–H groups in total. The Kier molecular flexibility index (Phi) is 20.1. The summed E-state index contributed by atoms with van der Waals surface area (Å²) in [5.41, 5.74) is 4.28. The molecule has 0 fully saturated rings. The smallest absolute Gasteiger partial charge is 0.0402 e. The summed E-state index contributed by atoms with van der Waals surface area (Å²) in [5, 5.41) is 22.7. The zero-order chi connectivity index (χ0) is 21.8. The Morgan fingerprint density at radius 1 is 0.667 bits per heavy atom. The molecule has 1 aromatic rings. The fourth-order valence-electron chi connectivity index (χ4n) is 1.91. The molecule has 0 aliphatic rings. The van der Waals surface area contributed by atoms with Gasteiger partial charge in [0.25, 0.3) is 0 Å². The van der Waals surface area contributed by atoms with Crippen LogP contribution in [0.1, 0.15) is 100 Å². The van der Waals surface area contributed by atoms with E-state index in [0.717, 1.165) is 0 Å². The summed E-state index contributed by atoms with van der Waals surface area (Å²) in [6.45, 7) is 26.0. The van der Waals surface area contributed by atoms with E-state index in [1.54, 1.807) is 20.8 Å². The van der Waals surface area contributed by atoms with Gasteiger partial charge in [-0.1, -0.05) is 73.4 Å². The molecule has 0 bridgehead atoms. The predicted molar refractivity (Wildman–Crippen MR) is 114 cm³/mol. The number of hydrogen-bond acceptors (Lipinski definition) is 3. The van der Waals surface area contributed by atoms with Crippen LogP contribution in [0.5, 0.6) is 0 Å². The van der Waals surface area contributed by atoms with Gasteiger partial charge in [0.05, 0.1) is 0 Å². The van der Waals surface area contributed by atoms with Gasteiger partial charge in [-0.2, -0.15) is 5.56 Å². The average Bonchev–Trinajstić information content (AvgIpc) is 2.86. The molecule has 27 heavy (non-hydrogen) atoms. The zero-order valence-corrected chi connectivity index (χ0v) is 21.5. The van der Waals surface area contributed by atoms with Crippen molar-refractivity contribution in [3.63, 3.8) is 0 Å². The number of aromatic amines is 1. The predicted octanol–water partition coefficient (Wildman–Crippen LogP) is 4.70. The van der Waals surface area contributed by atoms with Crippen LogP contribution in [0.2, 0.25) is 0 Å². The van der Waals surface area contributed by atoms with Crippen molar-refractivity contribution in [2.45, 2.75) is 99.3 Å². The van der Waals surface area contributed by atoms with Crippen molar-refractivity contribution >= 4 is 0 Å². The zero-order valence-electron chi connectivity index (χ0n) is 20.0. The summed E-state index contributed by atoms with van der Waals surface area (Å²) in [6.07, 6.45) is 0. The van der Waals surface area contributed by atoms with E-state index in [1.165, 1.54) is 17.0 Å². The molecular weight excluding hydrogens is 374 g/mol. The van der Waals surface area contributed by atoms with Crippen LogP contribution in [0.4, 0.5) is 0 Å². The third-order valence-electron chi connectivity index (χ3n) is 3.00. The number of H-pyrrole nitrogens is 1. The van der Waals surface area contributed by atoms with Gasteiger partial charge in [-0.05, 0) is 31.6 Å². The molecule has 162 valence electrons. The van der Waals surface area contributed by atoms with Crippen molar-refractivity contribution in [2.75, 3.05) is 19.8 Å². The SMILES string of the molecule is CC(C)(C)c1[c-]c(C(C)(C)C)c(C(C)(C)C)[nH]1.CCO.CCO.CCO.[Ti]. The van der Waals surface area contributed by atoms with Crippen LogP contribution < -0.4 is 0 Å². The summed E-state index contributed by atoms with van der Waals surface area (Å²) in [6, 6.07) is 3.61. The quantitative estimate of drug-likeness (QED) is 0.363. The molecule has 5 heteroatoms. The van der Waals surface area contributed by atoms with E-state index in [2.05, 4.69) is 73.4 Å². The first-order chi connectivity index (χ1) is 11.6. The largest absolute Gasteiger partial charge is 0.454 e. The third-order valence-corrected chi connectivity index (χ3v) is 3.00. The van der Waals surface area contributed by atoms with Crippen molar-refractivity contribution in [1.82, 2.24) is 4.98 Å². The fraction of sp³-hybridized carbons (Fsp3) is 0.818. The second-order valence-corrected chi connectivity index (χ2v) is 9.07. The summed E-state index contributed by atoms with van der Waals surface area (Å²) < 4.78 is 0. The van der Waals surface area contributed by atoms with Gasteiger partial charge in [0.1, 0.15) is 0 Å². The van der Waals surface area contributed by atoms with Crippen LogP contribution in [0.15, 0.2) is 0 Å². The van der Waals surface area contributed by atoms with Crippen molar-refractivity contribution in [3.8, 4) is 0 Å². The molecule has 0 unspecified atom stereocenters. The monoisotopic (exact) mass is 420 g/mol. The average molecular weight is 420 g/mol. The topological polar surface area (TPSA) is 76.5 Å². The van der Waals surface area contributed by atoms with E-state index in [4.69, 9.17) is 15.3 Å². The standard InChI is InChI=1S/C16H28N.3C2H6O.Ti/c1-14(2,3)11-10-12(15(4,5)6)17-13(11)16(7,8)9;3*1-2-3;/h17H,1-9H3;3*3H,2H2,1H3;/q-1;;;;. The maximum Gasteiger partial charge on any atom is 0.0402 e. The van der Waals surface area contributed by atoms with Gasteiger partial charge in [-0.15, -0.1) is 5.69 Å². The maximum atomic E-state index is 7.57. The molecule has 1 heterocycles. The Balaban J connectivity index is -0.000000224. The normalized spacial score (nSPS) is 10.9. The van der Waals surface area contributed by atoms with Crippen LogP contribution in [-0.4, -0.2) is 40.1 Å². The van der Waals surface area contributed by atoms with E-state index >= 15 is 0 Å². The number of rotatable bonds is 0. The van der Waals surface area contributed by atoms with E-state index in [9.17, 15) is 0 Å². The summed E-state index contributed by atoms with van der Waals surface area (Å²) in [4.78, 5) is 3.61. The Morgan fingerprint density at radius 3 is 1.11 bits per heavy atom. The van der Waals surface area contributed by atoms with Crippen molar-refractivity contribution < 1.29 is 37.0 Å². The number of aliphatic hydroxyl groups excluding tert-OH is 3. The molecule has 0 spiro atoms. The van der Waals surface area contributed by atoms with Crippen molar-refractivity contribution in [2.24, 2.45) is 0 Å². The summed E-state index contributed by atoms with van der Waals surface area (Å²) in [5.74, 6) is 0. The van der Waals surface area contributed by atoms with E-state index in [-0.39, 0.29) is 57.8 Å². The number of hydrogen-bond donors (Lipinski definition) is 4. The number of aromatic nitrogens is 1. The molecular formula is C22H46NO3Ti-. The Bertz CT molecular complexity index is 413. The number of nitrogens with one attached hydrogen (secondary N) is 1. The molecule has 0 saturated carbocycles. The van der Waals surface area contributed by atoms with Gasteiger partial charge in [0.15, 0.2) is 0 Å². The molecule has 0 amide bonds. The van der Waals surface area contributed by atoms with Crippen LogP contribution >= 0.6 is 0 Å². The first-order valence-electron chi connectivity index (χ1n) is 9.57. The second kappa shape index (κ2) is 15.8. The fourth-order valence-corrected chi connectivity index (χ4v) is 1.91. The van der Waals surface area contributed by atoms with E-state index in [1.807, 2.05) is 0 Å².